The van der Waals surface area contributed by atoms with Crippen molar-refractivity contribution in [1.29, 1.82) is 0 Å². The molecule has 0 fully saturated rings. The lowest BCUT2D eigenvalue weighted by Crippen LogP contribution is -2.37. The Morgan fingerprint density at radius 1 is 0.718 bits per heavy atom. The van der Waals surface area contributed by atoms with E-state index in [1.54, 1.807) is 18.2 Å². The smallest absolute Gasteiger partial charge is 0.261 e. The van der Waals surface area contributed by atoms with Gasteiger partial charge >= 0.3 is 0 Å². The van der Waals surface area contributed by atoms with Crippen LogP contribution < -0.4 is 14.8 Å². The molecule has 2 aliphatic rings. The summed E-state index contributed by atoms with van der Waals surface area (Å²) in [6.07, 6.45) is -1.57. The van der Waals surface area contributed by atoms with Crippen molar-refractivity contribution in [1.82, 2.24) is 10.2 Å². The highest BCUT2D eigenvalue weighted by Crippen LogP contribution is 2.52. The fourth-order valence-electron chi connectivity index (χ4n) is 6.23. The minimum absolute atomic E-state index is 0.206. The highest BCUT2D eigenvalue weighted by atomic mass is 16.5. The highest BCUT2D eigenvalue weighted by Gasteiger charge is 2.36. The van der Waals surface area contributed by atoms with Gasteiger partial charge in [-0.05, 0) is 56.7 Å². The Morgan fingerprint density at radius 3 is 1.87 bits per heavy atom. The molecule has 8 heteroatoms. The second-order valence-corrected chi connectivity index (χ2v) is 10.8. The molecule has 7 rings (SSSR count). The van der Waals surface area contributed by atoms with Gasteiger partial charge < -0.3 is 19.9 Å². The van der Waals surface area contributed by atoms with Crippen LogP contribution >= 0.6 is 0 Å². The van der Waals surface area contributed by atoms with Crippen LogP contribution in [0.4, 0.5) is 0 Å². The standard InChI is InChI=1S/C31H26N2O6/c1-12(2)38-20-10-18-22-16(28(34)32-29(18)35)8-6-14-15-7-9-17-23-19(31(37)33(5)30(17)36)11-21(39-13(3)4)27(25(15)23)26(20)24(14)22/h6-13,28,34H,1-5H3,(H,32,35). The third kappa shape index (κ3) is 3.00. The van der Waals surface area contributed by atoms with E-state index in [9.17, 15) is 19.5 Å². The molecule has 0 radical (unpaired) electrons. The first kappa shape index (κ1) is 23.7. The predicted molar refractivity (Wildman–Crippen MR) is 148 cm³/mol. The second kappa shape index (κ2) is 7.80. The van der Waals surface area contributed by atoms with E-state index in [0.717, 1.165) is 26.4 Å². The van der Waals surface area contributed by atoms with Crippen LogP contribution in [0.3, 0.4) is 0 Å². The number of aliphatic hydroxyl groups excluding tert-OH is 1. The van der Waals surface area contributed by atoms with Crippen LogP contribution in [0.2, 0.25) is 0 Å². The Bertz CT molecular complexity index is 1940. The molecule has 1 unspecified atom stereocenters. The largest absolute Gasteiger partial charge is 0.490 e. The lowest BCUT2D eigenvalue weighted by molar-refractivity contribution is 0.0649. The molecule has 2 aliphatic heterocycles. The lowest BCUT2D eigenvalue weighted by Gasteiger charge is -2.30. The number of benzene rings is 5. The van der Waals surface area contributed by atoms with E-state index in [4.69, 9.17) is 9.47 Å². The number of carbonyl (C=O) groups is 3. The van der Waals surface area contributed by atoms with E-state index >= 15 is 0 Å². The van der Waals surface area contributed by atoms with Crippen molar-refractivity contribution < 1.29 is 29.0 Å². The topological polar surface area (TPSA) is 105 Å². The summed E-state index contributed by atoms with van der Waals surface area (Å²) in [6.45, 7) is 7.65. The van der Waals surface area contributed by atoms with E-state index in [-0.39, 0.29) is 29.9 Å². The normalized spacial score (nSPS) is 17.0. The Labute approximate surface area is 223 Å². The molecule has 0 saturated heterocycles. The Morgan fingerprint density at radius 2 is 1.26 bits per heavy atom. The summed E-state index contributed by atoms with van der Waals surface area (Å²) in [6, 6.07) is 10.8. The summed E-state index contributed by atoms with van der Waals surface area (Å²) in [4.78, 5) is 40.9. The van der Waals surface area contributed by atoms with Gasteiger partial charge in [0.15, 0.2) is 6.23 Å². The van der Waals surface area contributed by atoms with Gasteiger partial charge in [0.1, 0.15) is 11.5 Å². The van der Waals surface area contributed by atoms with Crippen molar-refractivity contribution in [3.8, 4) is 11.5 Å². The maximum atomic E-state index is 13.4. The number of hydrogen-bond donors (Lipinski definition) is 2. The first-order valence-electron chi connectivity index (χ1n) is 13.0. The minimum atomic E-state index is -1.15. The lowest BCUT2D eigenvalue weighted by atomic mass is 9.81. The number of nitrogens with zero attached hydrogens (tertiary/aromatic N) is 1. The van der Waals surface area contributed by atoms with Crippen LogP contribution in [0.25, 0.3) is 43.1 Å². The minimum Gasteiger partial charge on any atom is -0.490 e. The molecular weight excluding hydrogens is 496 g/mol. The van der Waals surface area contributed by atoms with Gasteiger partial charge in [0, 0.05) is 50.5 Å². The van der Waals surface area contributed by atoms with Crippen LogP contribution in [-0.2, 0) is 0 Å². The van der Waals surface area contributed by atoms with Gasteiger partial charge in [-0.15, -0.1) is 0 Å². The monoisotopic (exact) mass is 522 g/mol. The second-order valence-electron chi connectivity index (χ2n) is 10.8. The van der Waals surface area contributed by atoms with Crippen molar-refractivity contribution in [3.63, 3.8) is 0 Å². The zero-order valence-electron chi connectivity index (χ0n) is 22.1. The van der Waals surface area contributed by atoms with E-state index in [0.29, 0.717) is 55.3 Å². The van der Waals surface area contributed by atoms with Crippen molar-refractivity contribution in [2.75, 3.05) is 7.05 Å². The Hall–Kier alpha value is -4.43. The summed E-state index contributed by atoms with van der Waals surface area (Å²) in [5, 5.41) is 19.2. The average molecular weight is 523 g/mol. The molecule has 0 saturated carbocycles. The van der Waals surface area contributed by atoms with Gasteiger partial charge in [-0.3, -0.25) is 19.3 Å². The maximum Gasteiger partial charge on any atom is 0.261 e. The summed E-state index contributed by atoms with van der Waals surface area (Å²) in [5.41, 5.74) is 1.85. The van der Waals surface area contributed by atoms with Crippen LogP contribution in [0.5, 0.6) is 11.5 Å². The number of aliphatic hydroxyl groups is 1. The first-order valence-corrected chi connectivity index (χ1v) is 13.0. The zero-order valence-corrected chi connectivity index (χ0v) is 22.1. The van der Waals surface area contributed by atoms with Gasteiger partial charge in [-0.2, -0.15) is 0 Å². The van der Waals surface area contributed by atoms with Crippen molar-refractivity contribution in [2.24, 2.45) is 0 Å². The molecule has 5 aromatic carbocycles. The molecule has 1 atom stereocenters. The number of imide groups is 1. The molecule has 3 amide bonds. The van der Waals surface area contributed by atoms with Gasteiger partial charge in [-0.25, -0.2) is 0 Å². The maximum absolute atomic E-state index is 13.4. The van der Waals surface area contributed by atoms with Gasteiger partial charge in [0.25, 0.3) is 17.7 Å². The van der Waals surface area contributed by atoms with Crippen molar-refractivity contribution in [3.05, 3.63) is 58.7 Å². The SMILES string of the molecule is CC(C)Oc1cc2c3c(ccc4c5ccc6c7c(cc(OC(C)C)c(c1c34)c75)C(=O)NC6O)C(=O)N(C)C2=O. The molecule has 196 valence electrons. The third-order valence-electron chi connectivity index (χ3n) is 7.67. The van der Waals surface area contributed by atoms with Crippen molar-refractivity contribution in [2.45, 2.75) is 46.1 Å². The molecule has 5 aromatic rings. The van der Waals surface area contributed by atoms with Gasteiger partial charge in [0.2, 0.25) is 0 Å². The summed E-state index contributed by atoms with van der Waals surface area (Å²) in [5.74, 6) is -0.164. The predicted octanol–water partition coefficient (Wildman–Crippen LogP) is 5.27. The summed E-state index contributed by atoms with van der Waals surface area (Å²) >= 11 is 0. The molecule has 0 aliphatic carbocycles. The fraction of sp³-hybridized carbons (Fsp3) is 0.258. The number of fused-ring (bicyclic) bond motifs is 2. The molecule has 2 N–H and O–H groups in total. The number of amides is 3. The van der Waals surface area contributed by atoms with E-state index in [1.807, 2.05) is 45.9 Å². The van der Waals surface area contributed by atoms with Crippen molar-refractivity contribution >= 4 is 60.8 Å². The number of carbonyl (C=O) groups excluding carboxylic acids is 3. The quantitative estimate of drug-likeness (QED) is 0.189. The summed E-state index contributed by atoms with van der Waals surface area (Å²) < 4.78 is 12.7. The molecule has 2 heterocycles. The third-order valence-corrected chi connectivity index (χ3v) is 7.67. The molecule has 0 aromatic heterocycles. The number of ether oxygens (including phenoxy) is 2. The number of hydrogen-bond acceptors (Lipinski definition) is 6. The van der Waals surface area contributed by atoms with Gasteiger partial charge in [0.05, 0.1) is 23.3 Å². The van der Waals surface area contributed by atoms with E-state index < -0.39 is 6.23 Å². The molecule has 0 spiro atoms. The Kier molecular flexibility index (Phi) is 4.73. The highest BCUT2D eigenvalue weighted by molar-refractivity contribution is 6.41. The summed E-state index contributed by atoms with van der Waals surface area (Å²) in [7, 11) is 1.48. The van der Waals surface area contributed by atoms with Crippen LogP contribution in [-0.4, -0.2) is 47.0 Å². The average Bonchev–Trinajstić information content (AvgIpc) is 2.88. The van der Waals surface area contributed by atoms with Crippen LogP contribution in [0, 0.1) is 0 Å². The van der Waals surface area contributed by atoms with E-state index in [1.165, 1.54) is 7.05 Å². The zero-order chi connectivity index (χ0) is 27.5. The Balaban J connectivity index is 1.82. The van der Waals surface area contributed by atoms with Crippen LogP contribution in [0.15, 0.2) is 36.4 Å². The number of rotatable bonds is 4. The number of nitrogens with one attached hydrogen (secondary N) is 1. The van der Waals surface area contributed by atoms with E-state index in [2.05, 4.69) is 5.32 Å². The fourth-order valence-corrected chi connectivity index (χ4v) is 6.23. The molecule has 0 bridgehead atoms. The molecular formula is C31H26N2O6. The molecule has 39 heavy (non-hydrogen) atoms. The first-order chi connectivity index (χ1) is 18.6. The van der Waals surface area contributed by atoms with Gasteiger partial charge in [-0.1, -0.05) is 18.2 Å². The van der Waals surface area contributed by atoms with Crippen LogP contribution in [0.1, 0.15) is 70.6 Å². The molecule has 8 nitrogen and oxygen atoms in total.